The lowest BCUT2D eigenvalue weighted by molar-refractivity contribution is 0.0766. The maximum absolute atomic E-state index is 12.6. The van der Waals surface area contributed by atoms with Crippen molar-refractivity contribution in [3.05, 3.63) is 59.9 Å². The van der Waals surface area contributed by atoms with Gasteiger partial charge in [-0.2, -0.15) is 0 Å². The van der Waals surface area contributed by atoms with Crippen molar-refractivity contribution in [2.45, 2.75) is 33.3 Å². The third-order valence-corrected chi connectivity index (χ3v) is 3.56. The molecule has 2 rings (SSSR count). The largest absolute Gasteiger partial charge is 0.491 e. The molecule has 0 aliphatic carbocycles. The van der Waals surface area contributed by atoms with E-state index in [1.165, 1.54) is 5.56 Å². The van der Waals surface area contributed by atoms with Crippen molar-refractivity contribution in [3.8, 4) is 5.75 Å². The van der Waals surface area contributed by atoms with E-state index < -0.39 is 0 Å². The maximum Gasteiger partial charge on any atom is 0.253 e. The Labute approximate surface area is 138 Å². The zero-order valence-corrected chi connectivity index (χ0v) is 14.0. The fourth-order valence-electron chi connectivity index (χ4n) is 2.35. The standard InChI is InChI=1S/C19H24N2O2/c1-4-21(14-11-16-9-12-20-13-10-16)19(22)17-5-7-18(8-6-17)23-15(2)3/h5-10,12-13,15H,4,11,14H2,1-3H3. The average molecular weight is 312 g/mol. The number of carbonyl (C=O) groups excluding carboxylic acids is 1. The molecule has 0 aliphatic rings. The van der Waals surface area contributed by atoms with Gasteiger partial charge in [0, 0.05) is 31.0 Å². The van der Waals surface area contributed by atoms with E-state index in [0.717, 1.165) is 12.2 Å². The molecule has 1 amide bonds. The molecule has 1 aromatic heterocycles. The Morgan fingerprint density at radius 3 is 2.35 bits per heavy atom. The van der Waals surface area contributed by atoms with Crippen molar-refractivity contribution < 1.29 is 9.53 Å². The molecule has 1 aromatic carbocycles. The van der Waals surface area contributed by atoms with Crippen LogP contribution in [0.2, 0.25) is 0 Å². The van der Waals surface area contributed by atoms with E-state index in [2.05, 4.69) is 4.98 Å². The summed E-state index contributed by atoms with van der Waals surface area (Å²) >= 11 is 0. The summed E-state index contributed by atoms with van der Waals surface area (Å²) in [6, 6.07) is 11.3. The van der Waals surface area contributed by atoms with Crippen LogP contribution in [0.3, 0.4) is 0 Å². The highest BCUT2D eigenvalue weighted by molar-refractivity contribution is 5.94. The Bertz CT molecular complexity index is 609. The summed E-state index contributed by atoms with van der Waals surface area (Å²) in [4.78, 5) is 18.5. The Kier molecular flexibility index (Phi) is 6.15. The summed E-state index contributed by atoms with van der Waals surface area (Å²) in [5, 5.41) is 0. The summed E-state index contributed by atoms with van der Waals surface area (Å²) < 4.78 is 5.61. The summed E-state index contributed by atoms with van der Waals surface area (Å²) in [5.41, 5.74) is 1.88. The number of hydrogen-bond donors (Lipinski definition) is 0. The molecule has 1 heterocycles. The fourth-order valence-corrected chi connectivity index (χ4v) is 2.35. The molecule has 0 aliphatic heterocycles. The van der Waals surface area contributed by atoms with Gasteiger partial charge in [-0.3, -0.25) is 9.78 Å². The van der Waals surface area contributed by atoms with Crippen molar-refractivity contribution in [3.63, 3.8) is 0 Å². The van der Waals surface area contributed by atoms with Crippen LogP contribution >= 0.6 is 0 Å². The van der Waals surface area contributed by atoms with Crippen LogP contribution < -0.4 is 4.74 Å². The van der Waals surface area contributed by atoms with Crippen LogP contribution in [0.25, 0.3) is 0 Å². The molecule has 0 bridgehead atoms. The third-order valence-electron chi connectivity index (χ3n) is 3.56. The molecule has 4 nitrogen and oxygen atoms in total. The van der Waals surface area contributed by atoms with Gasteiger partial charge in [-0.15, -0.1) is 0 Å². The smallest absolute Gasteiger partial charge is 0.253 e. The average Bonchev–Trinajstić information content (AvgIpc) is 2.56. The van der Waals surface area contributed by atoms with Crippen LogP contribution in [0.5, 0.6) is 5.75 Å². The number of amides is 1. The Morgan fingerprint density at radius 1 is 1.13 bits per heavy atom. The summed E-state index contributed by atoms with van der Waals surface area (Å²) in [7, 11) is 0. The molecule has 23 heavy (non-hydrogen) atoms. The van der Waals surface area contributed by atoms with Gasteiger partial charge >= 0.3 is 0 Å². The van der Waals surface area contributed by atoms with Crippen molar-refractivity contribution >= 4 is 5.91 Å². The third kappa shape index (κ3) is 5.09. The van der Waals surface area contributed by atoms with Crippen LogP contribution in [0.15, 0.2) is 48.8 Å². The summed E-state index contributed by atoms with van der Waals surface area (Å²) in [5.74, 6) is 0.842. The van der Waals surface area contributed by atoms with Crippen LogP contribution in [0.4, 0.5) is 0 Å². The van der Waals surface area contributed by atoms with E-state index in [-0.39, 0.29) is 12.0 Å². The monoisotopic (exact) mass is 312 g/mol. The molecule has 0 atom stereocenters. The number of aromatic nitrogens is 1. The normalized spacial score (nSPS) is 10.6. The number of hydrogen-bond acceptors (Lipinski definition) is 3. The van der Waals surface area contributed by atoms with Crippen LogP contribution in [0.1, 0.15) is 36.7 Å². The molecule has 0 radical (unpaired) electrons. The van der Waals surface area contributed by atoms with Crippen LogP contribution in [-0.4, -0.2) is 35.0 Å². The number of carbonyl (C=O) groups is 1. The summed E-state index contributed by atoms with van der Waals surface area (Å²) in [6.45, 7) is 7.35. The van der Waals surface area contributed by atoms with E-state index >= 15 is 0 Å². The molecule has 2 aromatic rings. The first-order valence-corrected chi connectivity index (χ1v) is 8.05. The van der Waals surface area contributed by atoms with Gasteiger partial charge in [-0.25, -0.2) is 0 Å². The van der Waals surface area contributed by atoms with Crippen LogP contribution in [-0.2, 0) is 6.42 Å². The minimum Gasteiger partial charge on any atom is -0.491 e. The van der Waals surface area contributed by atoms with E-state index in [1.54, 1.807) is 12.4 Å². The first-order chi connectivity index (χ1) is 11.1. The maximum atomic E-state index is 12.6. The van der Waals surface area contributed by atoms with Crippen molar-refractivity contribution in [1.82, 2.24) is 9.88 Å². The minimum absolute atomic E-state index is 0.0534. The predicted octanol–water partition coefficient (Wildman–Crippen LogP) is 3.57. The number of nitrogens with zero attached hydrogens (tertiary/aromatic N) is 2. The zero-order chi connectivity index (χ0) is 16.7. The van der Waals surface area contributed by atoms with Gasteiger partial charge in [-0.1, -0.05) is 0 Å². The Morgan fingerprint density at radius 2 is 1.78 bits per heavy atom. The zero-order valence-electron chi connectivity index (χ0n) is 14.0. The number of rotatable bonds is 7. The first kappa shape index (κ1) is 17.0. The molecular formula is C19H24N2O2. The second kappa shape index (κ2) is 8.32. The second-order valence-corrected chi connectivity index (χ2v) is 5.68. The number of ether oxygens (including phenoxy) is 1. The van der Waals surface area contributed by atoms with E-state index in [0.29, 0.717) is 18.7 Å². The molecule has 0 saturated carbocycles. The van der Waals surface area contributed by atoms with Crippen molar-refractivity contribution in [2.24, 2.45) is 0 Å². The quantitative estimate of drug-likeness (QED) is 0.785. The van der Waals surface area contributed by atoms with Crippen molar-refractivity contribution in [2.75, 3.05) is 13.1 Å². The van der Waals surface area contributed by atoms with Crippen molar-refractivity contribution in [1.29, 1.82) is 0 Å². The molecule has 0 saturated heterocycles. The predicted molar refractivity (Wildman–Crippen MR) is 91.7 cm³/mol. The molecule has 122 valence electrons. The van der Waals surface area contributed by atoms with Crippen LogP contribution in [0, 0.1) is 0 Å². The van der Waals surface area contributed by atoms with Gasteiger partial charge in [-0.05, 0) is 69.2 Å². The number of pyridine rings is 1. The molecule has 0 spiro atoms. The molecule has 0 fully saturated rings. The molecule has 4 heteroatoms. The highest BCUT2D eigenvalue weighted by Gasteiger charge is 2.14. The Balaban J connectivity index is 1.98. The number of likely N-dealkylation sites (N-methyl/N-ethyl adjacent to an activating group) is 1. The van der Waals surface area contributed by atoms with Gasteiger partial charge in [0.15, 0.2) is 0 Å². The number of benzene rings is 1. The SMILES string of the molecule is CCN(CCc1ccncc1)C(=O)c1ccc(OC(C)C)cc1. The first-order valence-electron chi connectivity index (χ1n) is 8.05. The highest BCUT2D eigenvalue weighted by Crippen LogP contribution is 2.15. The fraction of sp³-hybridized carbons (Fsp3) is 0.368. The Hall–Kier alpha value is -2.36. The van der Waals surface area contributed by atoms with Gasteiger partial charge in [0.05, 0.1) is 6.10 Å². The van der Waals surface area contributed by atoms with E-state index in [4.69, 9.17) is 4.74 Å². The minimum atomic E-state index is 0.0534. The molecule has 0 N–H and O–H groups in total. The van der Waals surface area contributed by atoms with Gasteiger partial charge in [0.1, 0.15) is 5.75 Å². The summed E-state index contributed by atoms with van der Waals surface area (Å²) in [6.07, 6.45) is 4.52. The lowest BCUT2D eigenvalue weighted by Crippen LogP contribution is -2.32. The van der Waals surface area contributed by atoms with Gasteiger partial charge < -0.3 is 9.64 Å². The molecule has 0 unspecified atom stereocenters. The second-order valence-electron chi connectivity index (χ2n) is 5.68. The van der Waals surface area contributed by atoms with E-state index in [1.807, 2.05) is 62.1 Å². The van der Waals surface area contributed by atoms with E-state index in [9.17, 15) is 4.79 Å². The lowest BCUT2D eigenvalue weighted by atomic mass is 10.1. The molecular weight excluding hydrogens is 288 g/mol. The highest BCUT2D eigenvalue weighted by atomic mass is 16.5. The topological polar surface area (TPSA) is 42.4 Å². The lowest BCUT2D eigenvalue weighted by Gasteiger charge is -2.21. The van der Waals surface area contributed by atoms with Gasteiger partial charge in [0.25, 0.3) is 5.91 Å². The van der Waals surface area contributed by atoms with Gasteiger partial charge in [0.2, 0.25) is 0 Å².